The quantitative estimate of drug-likeness (QED) is 0.134. The summed E-state index contributed by atoms with van der Waals surface area (Å²) in [5.74, 6) is -2.68. The fourth-order valence-electron chi connectivity index (χ4n) is 3.34. The lowest BCUT2D eigenvalue weighted by atomic mass is 9.97. The molecule has 0 spiro atoms. The van der Waals surface area contributed by atoms with Gasteiger partial charge in [0.15, 0.2) is 0 Å². The van der Waals surface area contributed by atoms with Crippen LogP contribution in [0.3, 0.4) is 0 Å². The van der Waals surface area contributed by atoms with Crippen molar-refractivity contribution in [2.24, 2.45) is 11.7 Å². The normalized spacial score (nSPS) is 19.7. The average molecular weight is 460 g/mol. The fourth-order valence-corrected chi connectivity index (χ4v) is 3.60. The van der Waals surface area contributed by atoms with Gasteiger partial charge in [0.2, 0.25) is 17.7 Å². The second kappa shape index (κ2) is 14.3. The topological polar surface area (TPSA) is 163 Å². The number of hydrogen-bond donors (Lipinski definition) is 7. The number of aliphatic carboxylic acids is 1. The second-order valence-electron chi connectivity index (χ2n) is 7.95. The zero-order valence-corrected chi connectivity index (χ0v) is 19.2. The van der Waals surface area contributed by atoms with Crippen LogP contribution in [-0.4, -0.2) is 71.8 Å². The third-order valence-corrected chi connectivity index (χ3v) is 5.91. The Balaban J connectivity index is 2.79. The van der Waals surface area contributed by atoms with Gasteiger partial charge < -0.3 is 32.1 Å². The lowest BCUT2D eigenvalue weighted by Crippen LogP contribution is -2.59. The molecule has 11 heteroatoms. The smallest absolute Gasteiger partial charge is 0.326 e. The third-order valence-electron chi connectivity index (χ3n) is 5.55. The molecule has 5 unspecified atom stereocenters. The van der Waals surface area contributed by atoms with Crippen LogP contribution in [0.2, 0.25) is 0 Å². The monoisotopic (exact) mass is 459 g/mol. The first-order valence-corrected chi connectivity index (χ1v) is 11.6. The van der Waals surface area contributed by atoms with Crippen LogP contribution in [-0.2, 0) is 19.2 Å². The van der Waals surface area contributed by atoms with Crippen molar-refractivity contribution in [2.75, 3.05) is 18.8 Å². The lowest BCUT2D eigenvalue weighted by Gasteiger charge is -2.27. The van der Waals surface area contributed by atoms with Gasteiger partial charge in [0.05, 0.1) is 6.04 Å². The van der Waals surface area contributed by atoms with E-state index in [1.165, 1.54) is 0 Å². The maximum absolute atomic E-state index is 12.8. The highest BCUT2D eigenvalue weighted by Crippen LogP contribution is 2.11. The number of thiol groups is 1. The number of unbranched alkanes of at least 4 members (excludes halogenated alkanes) is 1. The minimum Gasteiger partial charge on any atom is -0.480 e. The van der Waals surface area contributed by atoms with Crippen molar-refractivity contribution >= 4 is 36.3 Å². The Morgan fingerprint density at radius 1 is 1.13 bits per heavy atom. The highest BCUT2D eigenvalue weighted by atomic mass is 32.1. The van der Waals surface area contributed by atoms with Crippen molar-refractivity contribution in [3.05, 3.63) is 0 Å². The SMILES string of the molecule is CCC(C)C(NC(=O)C(CS)NC(=O)C1CCCN1)C(=O)NC(CCCCN)C(=O)O. The van der Waals surface area contributed by atoms with E-state index in [2.05, 4.69) is 33.9 Å². The number of rotatable bonds is 14. The molecule has 1 aliphatic heterocycles. The summed E-state index contributed by atoms with van der Waals surface area (Å²) in [5, 5.41) is 20.4. The summed E-state index contributed by atoms with van der Waals surface area (Å²) in [6.07, 6.45) is 3.66. The van der Waals surface area contributed by atoms with E-state index >= 15 is 0 Å². The number of nitrogens with one attached hydrogen (secondary N) is 4. The Morgan fingerprint density at radius 2 is 1.84 bits per heavy atom. The Morgan fingerprint density at radius 3 is 2.35 bits per heavy atom. The molecule has 0 aliphatic carbocycles. The molecule has 0 aromatic rings. The van der Waals surface area contributed by atoms with Crippen LogP contribution in [0.1, 0.15) is 52.4 Å². The van der Waals surface area contributed by atoms with Crippen LogP contribution in [0.15, 0.2) is 0 Å². The Bertz CT molecular complexity index is 615. The number of amides is 3. The zero-order chi connectivity index (χ0) is 23.4. The molecule has 10 nitrogen and oxygen atoms in total. The Hall–Kier alpha value is -1.85. The zero-order valence-electron chi connectivity index (χ0n) is 18.4. The molecule has 1 saturated heterocycles. The van der Waals surface area contributed by atoms with E-state index in [-0.39, 0.29) is 30.0 Å². The molecule has 1 aliphatic rings. The van der Waals surface area contributed by atoms with Crippen LogP contribution in [0.5, 0.6) is 0 Å². The fraction of sp³-hybridized carbons (Fsp3) is 0.800. The number of carboxylic acids is 1. The van der Waals surface area contributed by atoms with Gasteiger partial charge in [0, 0.05) is 5.75 Å². The van der Waals surface area contributed by atoms with Crippen molar-refractivity contribution in [2.45, 2.75) is 76.5 Å². The van der Waals surface area contributed by atoms with Crippen LogP contribution >= 0.6 is 12.6 Å². The number of hydrogen-bond acceptors (Lipinski definition) is 7. The average Bonchev–Trinajstić information content (AvgIpc) is 3.29. The first kappa shape index (κ1) is 27.2. The van der Waals surface area contributed by atoms with Crippen LogP contribution in [0.25, 0.3) is 0 Å². The number of carbonyl (C=O) groups excluding carboxylic acids is 3. The van der Waals surface area contributed by atoms with E-state index in [0.29, 0.717) is 32.2 Å². The maximum atomic E-state index is 12.8. The van der Waals surface area contributed by atoms with E-state index in [0.717, 1.165) is 13.0 Å². The summed E-state index contributed by atoms with van der Waals surface area (Å²) in [4.78, 5) is 49.5. The summed E-state index contributed by atoms with van der Waals surface area (Å²) in [6, 6.07) is -3.24. The van der Waals surface area contributed by atoms with Gasteiger partial charge in [-0.3, -0.25) is 14.4 Å². The van der Waals surface area contributed by atoms with E-state index in [1.54, 1.807) is 6.92 Å². The molecule has 178 valence electrons. The molecule has 0 radical (unpaired) electrons. The second-order valence-corrected chi connectivity index (χ2v) is 8.31. The van der Waals surface area contributed by atoms with Crippen LogP contribution in [0.4, 0.5) is 0 Å². The highest BCUT2D eigenvalue weighted by Gasteiger charge is 2.32. The predicted octanol–water partition coefficient (Wildman–Crippen LogP) is -0.618. The maximum Gasteiger partial charge on any atom is 0.326 e. The molecule has 3 amide bonds. The minimum atomic E-state index is -1.14. The standard InChI is InChI=1S/C20H37N5O5S/c1-3-12(2)16(19(28)23-14(20(29)30)7-4-5-9-21)25-18(27)15(11-31)24-17(26)13-8-6-10-22-13/h12-16,22,31H,3-11,21H2,1-2H3,(H,23,28)(H,24,26)(H,25,27)(H,29,30). The van der Waals surface area contributed by atoms with Gasteiger partial charge in [-0.05, 0) is 51.1 Å². The summed E-state index contributed by atoms with van der Waals surface area (Å²) in [7, 11) is 0. The molecular weight excluding hydrogens is 422 g/mol. The van der Waals surface area contributed by atoms with Crippen molar-refractivity contribution in [1.29, 1.82) is 0 Å². The molecule has 0 saturated carbocycles. The van der Waals surface area contributed by atoms with Crippen molar-refractivity contribution in [3.8, 4) is 0 Å². The molecule has 7 N–H and O–H groups in total. The molecule has 1 rings (SSSR count). The van der Waals surface area contributed by atoms with Gasteiger partial charge in [0.25, 0.3) is 0 Å². The van der Waals surface area contributed by atoms with Gasteiger partial charge >= 0.3 is 5.97 Å². The largest absolute Gasteiger partial charge is 0.480 e. The molecular formula is C20H37N5O5S. The Labute approximate surface area is 189 Å². The van der Waals surface area contributed by atoms with Crippen LogP contribution < -0.4 is 27.0 Å². The lowest BCUT2D eigenvalue weighted by molar-refractivity contribution is -0.142. The molecule has 0 aromatic carbocycles. The van der Waals surface area contributed by atoms with Crippen LogP contribution in [0, 0.1) is 5.92 Å². The third kappa shape index (κ3) is 9.04. The predicted molar refractivity (Wildman–Crippen MR) is 121 cm³/mol. The van der Waals surface area contributed by atoms with E-state index in [4.69, 9.17) is 5.73 Å². The number of carbonyl (C=O) groups is 4. The van der Waals surface area contributed by atoms with E-state index in [9.17, 15) is 24.3 Å². The van der Waals surface area contributed by atoms with Crippen molar-refractivity contribution < 1.29 is 24.3 Å². The van der Waals surface area contributed by atoms with Crippen molar-refractivity contribution in [1.82, 2.24) is 21.3 Å². The molecule has 0 aromatic heterocycles. The first-order valence-electron chi connectivity index (χ1n) is 10.9. The van der Waals surface area contributed by atoms with E-state index < -0.39 is 35.9 Å². The molecule has 31 heavy (non-hydrogen) atoms. The van der Waals surface area contributed by atoms with Crippen molar-refractivity contribution in [3.63, 3.8) is 0 Å². The van der Waals surface area contributed by atoms with E-state index in [1.807, 2.05) is 6.92 Å². The Kier molecular flexibility index (Phi) is 12.5. The molecule has 0 bridgehead atoms. The summed E-state index contributed by atoms with van der Waals surface area (Å²) in [6.45, 7) is 4.86. The summed E-state index contributed by atoms with van der Waals surface area (Å²) in [5.41, 5.74) is 5.45. The summed E-state index contributed by atoms with van der Waals surface area (Å²) < 4.78 is 0. The van der Waals surface area contributed by atoms with Gasteiger partial charge in [-0.25, -0.2) is 4.79 Å². The van der Waals surface area contributed by atoms with Gasteiger partial charge in [-0.1, -0.05) is 20.3 Å². The van der Waals surface area contributed by atoms with Gasteiger partial charge in [0.1, 0.15) is 18.1 Å². The first-order chi connectivity index (χ1) is 14.7. The summed E-state index contributed by atoms with van der Waals surface area (Å²) >= 11 is 4.17. The highest BCUT2D eigenvalue weighted by molar-refractivity contribution is 7.80. The minimum absolute atomic E-state index is 0.0655. The van der Waals surface area contributed by atoms with Gasteiger partial charge in [-0.15, -0.1) is 0 Å². The van der Waals surface area contributed by atoms with Gasteiger partial charge in [-0.2, -0.15) is 12.6 Å². The molecule has 1 fully saturated rings. The molecule has 1 heterocycles. The number of nitrogens with two attached hydrogens (primary N) is 1. The number of carboxylic acid groups (broad SMARTS) is 1. The molecule has 5 atom stereocenters.